The lowest BCUT2D eigenvalue weighted by atomic mass is 10.1. The molecule has 0 fully saturated rings. The monoisotopic (exact) mass is 265 g/mol. The van der Waals surface area contributed by atoms with Crippen LogP contribution >= 0.6 is 0 Å². The van der Waals surface area contributed by atoms with Crippen molar-refractivity contribution in [3.63, 3.8) is 0 Å². The number of carboxylic acids is 1. The van der Waals surface area contributed by atoms with Gasteiger partial charge in [-0.3, -0.25) is 4.79 Å². The molecule has 4 nitrogen and oxygen atoms in total. The molecule has 0 aliphatic carbocycles. The fourth-order valence-electron chi connectivity index (χ4n) is 2.23. The highest BCUT2D eigenvalue weighted by Crippen LogP contribution is 2.17. The predicted molar refractivity (Wildman–Crippen MR) is 76.5 cm³/mol. The summed E-state index contributed by atoms with van der Waals surface area (Å²) in [6.07, 6.45) is 1.38. The second-order valence-electron chi connectivity index (χ2n) is 4.40. The van der Waals surface area contributed by atoms with Gasteiger partial charge in [-0.15, -0.1) is 0 Å². The minimum Gasteiger partial charge on any atom is -0.477 e. The van der Waals surface area contributed by atoms with Crippen molar-refractivity contribution >= 4 is 16.9 Å². The zero-order chi connectivity index (χ0) is 14.1. The summed E-state index contributed by atoms with van der Waals surface area (Å²) < 4.78 is 1.72. The summed E-state index contributed by atoms with van der Waals surface area (Å²) in [6, 6.07) is 16.3. The summed E-state index contributed by atoms with van der Waals surface area (Å²) in [5.74, 6) is -1.22. The maximum atomic E-state index is 12.2. The van der Waals surface area contributed by atoms with E-state index in [0.29, 0.717) is 10.9 Å². The molecule has 3 rings (SSSR count). The van der Waals surface area contributed by atoms with Gasteiger partial charge in [0.05, 0.1) is 5.52 Å². The topological polar surface area (TPSA) is 59.3 Å². The van der Waals surface area contributed by atoms with Gasteiger partial charge in [-0.05, 0) is 24.3 Å². The number of aromatic nitrogens is 1. The molecule has 1 heterocycles. The number of hydrogen-bond acceptors (Lipinski definition) is 2. The van der Waals surface area contributed by atoms with Crippen LogP contribution < -0.4 is 5.43 Å². The van der Waals surface area contributed by atoms with E-state index >= 15 is 0 Å². The average molecular weight is 265 g/mol. The summed E-state index contributed by atoms with van der Waals surface area (Å²) in [5.41, 5.74) is 0.813. The standard InChI is InChI=1S/C16H11NO3/c18-15-12-8-4-5-9-14(12)17(10-13(15)16(19)20)11-6-2-1-3-7-11/h1-10H,(H,19,20). The van der Waals surface area contributed by atoms with Gasteiger partial charge in [-0.2, -0.15) is 0 Å². The van der Waals surface area contributed by atoms with Crippen molar-refractivity contribution < 1.29 is 9.90 Å². The molecule has 0 atom stereocenters. The van der Waals surface area contributed by atoms with Gasteiger partial charge in [0, 0.05) is 17.3 Å². The van der Waals surface area contributed by atoms with Crippen molar-refractivity contribution in [2.24, 2.45) is 0 Å². The van der Waals surface area contributed by atoms with Gasteiger partial charge in [0.15, 0.2) is 0 Å². The Labute approximate surface area is 114 Å². The molecular weight excluding hydrogens is 254 g/mol. The minimum atomic E-state index is -1.22. The van der Waals surface area contributed by atoms with Crippen molar-refractivity contribution in [2.75, 3.05) is 0 Å². The van der Waals surface area contributed by atoms with Gasteiger partial charge in [0.2, 0.25) is 5.43 Å². The smallest absolute Gasteiger partial charge is 0.341 e. The molecule has 0 saturated heterocycles. The van der Waals surface area contributed by atoms with Crippen LogP contribution in [0.5, 0.6) is 0 Å². The first-order chi connectivity index (χ1) is 9.68. The lowest BCUT2D eigenvalue weighted by Gasteiger charge is -2.12. The van der Waals surface area contributed by atoms with Crippen molar-refractivity contribution in [1.82, 2.24) is 4.57 Å². The van der Waals surface area contributed by atoms with E-state index in [1.54, 1.807) is 22.8 Å². The van der Waals surface area contributed by atoms with Gasteiger partial charge in [0.25, 0.3) is 0 Å². The Balaban J connectivity index is 2.46. The highest BCUT2D eigenvalue weighted by molar-refractivity contribution is 5.93. The van der Waals surface area contributed by atoms with Crippen LogP contribution in [-0.2, 0) is 0 Å². The Morgan fingerprint density at radius 2 is 1.60 bits per heavy atom. The lowest BCUT2D eigenvalue weighted by Crippen LogP contribution is -2.18. The molecular formula is C16H11NO3. The van der Waals surface area contributed by atoms with E-state index in [0.717, 1.165) is 5.69 Å². The van der Waals surface area contributed by atoms with E-state index in [9.17, 15) is 14.7 Å². The fourth-order valence-corrected chi connectivity index (χ4v) is 2.23. The quantitative estimate of drug-likeness (QED) is 0.775. The number of para-hydroxylation sites is 2. The third-order valence-electron chi connectivity index (χ3n) is 3.18. The van der Waals surface area contributed by atoms with Crippen LogP contribution in [0.15, 0.2) is 65.6 Å². The number of carboxylic acid groups (broad SMARTS) is 1. The molecule has 0 aliphatic rings. The zero-order valence-corrected chi connectivity index (χ0v) is 10.5. The Kier molecular flexibility index (Phi) is 2.84. The predicted octanol–water partition coefficient (Wildman–Crippen LogP) is 2.69. The molecule has 2 aromatic carbocycles. The second kappa shape index (κ2) is 4.66. The number of nitrogens with zero attached hydrogens (tertiary/aromatic N) is 1. The van der Waals surface area contributed by atoms with Crippen LogP contribution in [0.1, 0.15) is 10.4 Å². The number of pyridine rings is 1. The number of benzene rings is 2. The van der Waals surface area contributed by atoms with E-state index in [4.69, 9.17) is 0 Å². The van der Waals surface area contributed by atoms with Gasteiger partial charge in [-0.1, -0.05) is 30.3 Å². The Morgan fingerprint density at radius 1 is 0.950 bits per heavy atom. The van der Waals surface area contributed by atoms with Crippen LogP contribution in [0, 0.1) is 0 Å². The first-order valence-electron chi connectivity index (χ1n) is 6.11. The Bertz CT molecular complexity index is 850. The highest BCUT2D eigenvalue weighted by atomic mass is 16.4. The highest BCUT2D eigenvalue weighted by Gasteiger charge is 2.14. The molecule has 0 unspecified atom stereocenters. The number of hydrogen-bond donors (Lipinski definition) is 1. The fraction of sp³-hybridized carbons (Fsp3) is 0. The van der Waals surface area contributed by atoms with Gasteiger partial charge in [-0.25, -0.2) is 4.79 Å². The van der Waals surface area contributed by atoms with Crippen LogP contribution in [0.2, 0.25) is 0 Å². The summed E-state index contributed by atoms with van der Waals surface area (Å²) in [6.45, 7) is 0. The van der Waals surface area contributed by atoms with Crippen molar-refractivity contribution in [1.29, 1.82) is 0 Å². The van der Waals surface area contributed by atoms with Gasteiger partial charge in [0.1, 0.15) is 5.56 Å². The third kappa shape index (κ3) is 1.87. The van der Waals surface area contributed by atoms with E-state index in [2.05, 4.69) is 0 Å². The first kappa shape index (κ1) is 12.2. The van der Waals surface area contributed by atoms with E-state index < -0.39 is 11.4 Å². The van der Waals surface area contributed by atoms with E-state index in [-0.39, 0.29) is 5.56 Å². The second-order valence-corrected chi connectivity index (χ2v) is 4.40. The molecule has 4 heteroatoms. The van der Waals surface area contributed by atoms with Crippen LogP contribution in [0.3, 0.4) is 0 Å². The number of carbonyl (C=O) groups is 1. The Hall–Kier alpha value is -2.88. The summed E-state index contributed by atoms with van der Waals surface area (Å²) in [7, 11) is 0. The first-order valence-corrected chi connectivity index (χ1v) is 6.11. The molecule has 1 N–H and O–H groups in total. The van der Waals surface area contributed by atoms with Crippen molar-refractivity contribution in [3.05, 3.63) is 76.6 Å². The largest absolute Gasteiger partial charge is 0.477 e. The van der Waals surface area contributed by atoms with Crippen LogP contribution in [0.4, 0.5) is 0 Å². The number of fused-ring (bicyclic) bond motifs is 1. The SMILES string of the molecule is O=C(O)c1cn(-c2ccccc2)c2ccccc2c1=O. The third-order valence-corrected chi connectivity index (χ3v) is 3.18. The van der Waals surface area contributed by atoms with Gasteiger partial charge < -0.3 is 9.67 Å². The molecule has 0 amide bonds. The molecule has 0 radical (unpaired) electrons. The number of rotatable bonds is 2. The van der Waals surface area contributed by atoms with Crippen molar-refractivity contribution in [2.45, 2.75) is 0 Å². The molecule has 98 valence electrons. The summed E-state index contributed by atoms with van der Waals surface area (Å²) >= 11 is 0. The van der Waals surface area contributed by atoms with Crippen LogP contribution in [-0.4, -0.2) is 15.6 Å². The Morgan fingerprint density at radius 3 is 2.30 bits per heavy atom. The van der Waals surface area contributed by atoms with E-state index in [1.165, 1.54) is 6.20 Å². The van der Waals surface area contributed by atoms with Gasteiger partial charge >= 0.3 is 5.97 Å². The van der Waals surface area contributed by atoms with E-state index in [1.807, 2.05) is 36.4 Å². The normalized spacial score (nSPS) is 10.6. The maximum Gasteiger partial charge on any atom is 0.341 e. The van der Waals surface area contributed by atoms with Crippen LogP contribution in [0.25, 0.3) is 16.6 Å². The minimum absolute atomic E-state index is 0.229. The maximum absolute atomic E-state index is 12.2. The molecule has 3 aromatic rings. The molecule has 0 bridgehead atoms. The molecule has 20 heavy (non-hydrogen) atoms. The number of aromatic carboxylic acids is 1. The lowest BCUT2D eigenvalue weighted by molar-refractivity contribution is 0.0695. The summed E-state index contributed by atoms with van der Waals surface area (Å²) in [5, 5.41) is 9.58. The molecule has 0 saturated carbocycles. The molecule has 0 aliphatic heterocycles. The zero-order valence-electron chi connectivity index (χ0n) is 10.5. The summed E-state index contributed by atoms with van der Waals surface area (Å²) in [4.78, 5) is 23.4. The molecule has 0 spiro atoms. The average Bonchev–Trinajstić information content (AvgIpc) is 2.48. The van der Waals surface area contributed by atoms with Crippen molar-refractivity contribution in [3.8, 4) is 5.69 Å². The molecule has 1 aromatic heterocycles.